The van der Waals surface area contributed by atoms with Crippen molar-refractivity contribution in [2.45, 2.75) is 32.0 Å². The molecule has 0 aliphatic carbocycles. The maximum absolute atomic E-state index is 13.4. The van der Waals surface area contributed by atoms with Gasteiger partial charge in [0.05, 0.1) is 12.1 Å². The molecule has 1 N–H and O–H groups in total. The summed E-state index contributed by atoms with van der Waals surface area (Å²) in [4.78, 5) is 14.2. The number of amides is 1. The van der Waals surface area contributed by atoms with Gasteiger partial charge in [0.2, 0.25) is 5.91 Å². The van der Waals surface area contributed by atoms with Crippen LogP contribution in [0.5, 0.6) is 0 Å². The number of benzene rings is 2. The molecule has 0 fully saturated rings. The molecule has 138 valence electrons. The molecule has 26 heavy (non-hydrogen) atoms. The first-order valence-corrected chi connectivity index (χ1v) is 8.26. The van der Waals surface area contributed by atoms with Gasteiger partial charge in [0.1, 0.15) is 5.82 Å². The summed E-state index contributed by atoms with van der Waals surface area (Å²) in [7, 11) is 0. The third-order valence-electron chi connectivity index (χ3n) is 4.50. The average molecular weight is 366 g/mol. The van der Waals surface area contributed by atoms with Gasteiger partial charge in [-0.25, -0.2) is 4.39 Å². The van der Waals surface area contributed by atoms with Gasteiger partial charge in [-0.3, -0.25) is 4.79 Å². The van der Waals surface area contributed by atoms with Crippen molar-refractivity contribution in [3.8, 4) is 0 Å². The minimum atomic E-state index is -4.47. The molecular formula is C19H18F4N2O. The van der Waals surface area contributed by atoms with Crippen molar-refractivity contribution < 1.29 is 22.4 Å². The molecule has 1 heterocycles. The predicted molar refractivity (Wildman–Crippen MR) is 91.6 cm³/mol. The molecule has 2 aromatic carbocycles. The van der Waals surface area contributed by atoms with E-state index in [-0.39, 0.29) is 24.1 Å². The van der Waals surface area contributed by atoms with Crippen molar-refractivity contribution in [3.05, 3.63) is 59.4 Å². The van der Waals surface area contributed by atoms with E-state index in [0.29, 0.717) is 0 Å². The van der Waals surface area contributed by atoms with E-state index >= 15 is 0 Å². The number of rotatable bonds is 3. The standard InChI is InChI=1S/C19H18F4N2O/c1-12-5-6-13-9-15(20)7-8-17(13)25(12)11-18(26)24-16-4-2-3-14(10-16)19(21,22)23/h2-4,7-10,12H,5-6,11H2,1H3,(H,24,26). The summed E-state index contributed by atoms with van der Waals surface area (Å²) >= 11 is 0. The molecule has 0 bridgehead atoms. The number of hydrogen-bond acceptors (Lipinski definition) is 2. The summed E-state index contributed by atoms with van der Waals surface area (Å²) in [6.07, 6.45) is -2.97. The van der Waals surface area contributed by atoms with Gasteiger partial charge in [-0.2, -0.15) is 13.2 Å². The van der Waals surface area contributed by atoms with Gasteiger partial charge in [0, 0.05) is 17.4 Å². The highest BCUT2D eigenvalue weighted by molar-refractivity contribution is 5.94. The number of nitrogens with zero attached hydrogens (tertiary/aromatic N) is 1. The quantitative estimate of drug-likeness (QED) is 0.804. The van der Waals surface area contributed by atoms with E-state index in [9.17, 15) is 22.4 Å². The minimum absolute atomic E-state index is 0.0178. The lowest BCUT2D eigenvalue weighted by Crippen LogP contribution is -2.42. The molecule has 3 rings (SSSR count). The molecule has 3 nitrogen and oxygen atoms in total. The van der Waals surface area contributed by atoms with E-state index in [0.717, 1.165) is 36.2 Å². The number of nitrogens with one attached hydrogen (secondary N) is 1. The molecule has 7 heteroatoms. The van der Waals surface area contributed by atoms with Crippen LogP contribution in [0.4, 0.5) is 28.9 Å². The summed E-state index contributed by atoms with van der Waals surface area (Å²) in [5.74, 6) is -0.750. The minimum Gasteiger partial charge on any atom is -0.359 e. The van der Waals surface area contributed by atoms with Gasteiger partial charge in [-0.05, 0) is 61.7 Å². The Hall–Kier alpha value is -2.57. The first kappa shape index (κ1) is 18.2. The third kappa shape index (κ3) is 3.98. The second-order valence-electron chi connectivity index (χ2n) is 6.42. The number of hydrogen-bond donors (Lipinski definition) is 1. The topological polar surface area (TPSA) is 32.3 Å². The van der Waals surface area contributed by atoms with Crippen LogP contribution >= 0.6 is 0 Å². The van der Waals surface area contributed by atoms with Crippen molar-refractivity contribution in [1.29, 1.82) is 0 Å². The molecule has 1 unspecified atom stereocenters. The fourth-order valence-electron chi connectivity index (χ4n) is 3.16. The number of carbonyl (C=O) groups is 1. The zero-order chi connectivity index (χ0) is 18.9. The van der Waals surface area contributed by atoms with Crippen LogP contribution in [0, 0.1) is 5.82 Å². The zero-order valence-corrected chi connectivity index (χ0v) is 14.1. The lowest BCUT2D eigenvalue weighted by Gasteiger charge is -2.36. The Morgan fingerprint density at radius 1 is 1.23 bits per heavy atom. The van der Waals surface area contributed by atoms with Crippen LogP contribution in [0.3, 0.4) is 0 Å². The Morgan fingerprint density at radius 2 is 2.00 bits per heavy atom. The average Bonchev–Trinajstić information content (AvgIpc) is 2.57. The highest BCUT2D eigenvalue weighted by atomic mass is 19.4. The molecule has 0 spiro atoms. The Kier molecular flexibility index (Phi) is 4.89. The van der Waals surface area contributed by atoms with Crippen LogP contribution < -0.4 is 10.2 Å². The first-order valence-electron chi connectivity index (χ1n) is 8.26. The molecular weight excluding hydrogens is 348 g/mol. The van der Waals surface area contributed by atoms with Crippen LogP contribution in [0.25, 0.3) is 0 Å². The van der Waals surface area contributed by atoms with E-state index in [1.165, 1.54) is 24.3 Å². The smallest absolute Gasteiger partial charge is 0.359 e. The molecule has 0 saturated carbocycles. The van der Waals surface area contributed by atoms with Crippen molar-refractivity contribution in [2.75, 3.05) is 16.8 Å². The normalized spacial score (nSPS) is 17.0. The van der Waals surface area contributed by atoms with E-state index in [1.54, 1.807) is 6.07 Å². The van der Waals surface area contributed by atoms with Crippen molar-refractivity contribution in [1.82, 2.24) is 0 Å². The van der Waals surface area contributed by atoms with Gasteiger partial charge >= 0.3 is 6.18 Å². The number of aryl methyl sites for hydroxylation is 1. The fourth-order valence-corrected chi connectivity index (χ4v) is 3.16. The monoisotopic (exact) mass is 366 g/mol. The maximum atomic E-state index is 13.4. The Labute approximate surface area is 148 Å². The van der Waals surface area contributed by atoms with Gasteiger partial charge in [-0.1, -0.05) is 6.07 Å². The molecule has 1 atom stereocenters. The molecule has 1 aliphatic heterocycles. The number of anilines is 2. The molecule has 1 amide bonds. The largest absolute Gasteiger partial charge is 0.416 e. The Morgan fingerprint density at radius 3 is 2.73 bits per heavy atom. The summed E-state index contributed by atoms with van der Waals surface area (Å²) < 4.78 is 51.7. The molecule has 0 saturated heterocycles. The SMILES string of the molecule is CC1CCc2cc(F)ccc2N1CC(=O)Nc1cccc(C(F)(F)F)c1. The second kappa shape index (κ2) is 6.97. The summed E-state index contributed by atoms with van der Waals surface area (Å²) in [5, 5.41) is 2.51. The lowest BCUT2D eigenvalue weighted by molar-refractivity contribution is -0.137. The third-order valence-corrected chi connectivity index (χ3v) is 4.50. The lowest BCUT2D eigenvalue weighted by atomic mass is 9.96. The van der Waals surface area contributed by atoms with Crippen molar-refractivity contribution in [2.24, 2.45) is 0 Å². The number of fused-ring (bicyclic) bond motifs is 1. The fraction of sp³-hybridized carbons (Fsp3) is 0.316. The molecule has 0 aromatic heterocycles. The van der Waals surface area contributed by atoms with Crippen LogP contribution in [-0.4, -0.2) is 18.5 Å². The van der Waals surface area contributed by atoms with Crippen LogP contribution in [-0.2, 0) is 17.4 Å². The highest BCUT2D eigenvalue weighted by Gasteiger charge is 2.30. The van der Waals surface area contributed by atoms with Crippen LogP contribution in [0.15, 0.2) is 42.5 Å². The van der Waals surface area contributed by atoms with Gasteiger partial charge in [0.15, 0.2) is 0 Å². The summed E-state index contributed by atoms with van der Waals surface area (Å²) in [6, 6.07) is 9.02. The first-order chi connectivity index (χ1) is 12.2. The Bertz CT molecular complexity index is 819. The zero-order valence-electron chi connectivity index (χ0n) is 14.1. The summed E-state index contributed by atoms with van der Waals surface area (Å²) in [5.41, 5.74) is 0.885. The highest BCUT2D eigenvalue weighted by Crippen LogP contribution is 2.32. The van der Waals surface area contributed by atoms with Gasteiger partial charge in [-0.15, -0.1) is 0 Å². The van der Waals surface area contributed by atoms with E-state index in [4.69, 9.17) is 0 Å². The van der Waals surface area contributed by atoms with Crippen LogP contribution in [0.2, 0.25) is 0 Å². The predicted octanol–water partition coefficient (Wildman–Crippen LogP) is 4.62. The summed E-state index contributed by atoms with van der Waals surface area (Å²) in [6.45, 7) is 1.94. The number of carbonyl (C=O) groups excluding carboxylic acids is 1. The Balaban J connectivity index is 1.75. The number of halogens is 4. The van der Waals surface area contributed by atoms with Gasteiger partial charge < -0.3 is 10.2 Å². The van der Waals surface area contributed by atoms with E-state index < -0.39 is 17.6 Å². The van der Waals surface area contributed by atoms with Crippen molar-refractivity contribution >= 4 is 17.3 Å². The van der Waals surface area contributed by atoms with E-state index in [1.807, 2.05) is 11.8 Å². The van der Waals surface area contributed by atoms with Crippen molar-refractivity contribution in [3.63, 3.8) is 0 Å². The van der Waals surface area contributed by atoms with Gasteiger partial charge in [0.25, 0.3) is 0 Å². The van der Waals surface area contributed by atoms with Crippen LogP contribution in [0.1, 0.15) is 24.5 Å². The second-order valence-corrected chi connectivity index (χ2v) is 6.42. The molecule has 0 radical (unpaired) electrons. The molecule has 2 aromatic rings. The maximum Gasteiger partial charge on any atom is 0.416 e. The van der Waals surface area contributed by atoms with E-state index in [2.05, 4.69) is 5.32 Å². The molecule has 1 aliphatic rings. The number of alkyl halides is 3.